The number of nitrogens with zero attached hydrogens (tertiary/aromatic N) is 2. The Balaban J connectivity index is 1.58. The van der Waals surface area contributed by atoms with Crippen LogP contribution in [0.2, 0.25) is 0 Å². The normalized spacial score (nSPS) is 21.1. The molecule has 1 aliphatic carbocycles. The summed E-state index contributed by atoms with van der Waals surface area (Å²) >= 11 is 0. The number of ketones is 1. The van der Waals surface area contributed by atoms with Gasteiger partial charge in [0.25, 0.3) is 0 Å². The van der Waals surface area contributed by atoms with Crippen molar-refractivity contribution in [3.63, 3.8) is 0 Å². The van der Waals surface area contributed by atoms with Crippen molar-refractivity contribution >= 4 is 11.7 Å². The first-order valence-electron chi connectivity index (χ1n) is 8.64. The maximum absolute atomic E-state index is 12.0. The van der Waals surface area contributed by atoms with Gasteiger partial charge in [-0.05, 0) is 44.6 Å². The summed E-state index contributed by atoms with van der Waals surface area (Å²) < 4.78 is 1.98. The van der Waals surface area contributed by atoms with E-state index in [4.69, 9.17) is 5.73 Å². The van der Waals surface area contributed by atoms with E-state index in [0.29, 0.717) is 31.7 Å². The van der Waals surface area contributed by atoms with Crippen LogP contribution in [0.1, 0.15) is 51.4 Å². The van der Waals surface area contributed by atoms with Crippen molar-refractivity contribution in [3.05, 3.63) is 18.7 Å². The van der Waals surface area contributed by atoms with E-state index in [0.717, 1.165) is 38.6 Å². The van der Waals surface area contributed by atoms with Crippen LogP contribution in [0.3, 0.4) is 0 Å². The molecule has 0 radical (unpaired) electrons. The van der Waals surface area contributed by atoms with Gasteiger partial charge in [0.15, 0.2) is 0 Å². The van der Waals surface area contributed by atoms with Gasteiger partial charge in [-0.3, -0.25) is 9.59 Å². The second kappa shape index (κ2) is 9.45. The van der Waals surface area contributed by atoms with E-state index >= 15 is 0 Å². The van der Waals surface area contributed by atoms with E-state index in [2.05, 4.69) is 10.3 Å². The molecular formula is C17H28N4O2. The first kappa shape index (κ1) is 17.7. The first-order valence-corrected chi connectivity index (χ1v) is 8.64. The summed E-state index contributed by atoms with van der Waals surface area (Å²) in [5.74, 6) is 0.885. The van der Waals surface area contributed by atoms with Crippen molar-refractivity contribution < 1.29 is 9.59 Å². The van der Waals surface area contributed by atoms with Crippen LogP contribution in [0.4, 0.5) is 0 Å². The number of carbonyl (C=O) groups excluding carboxylic acids is 2. The number of Topliss-reactive ketones (excluding diaryl/α,β-unsaturated/α-hetero) is 1. The average molecular weight is 320 g/mol. The van der Waals surface area contributed by atoms with E-state index in [1.54, 1.807) is 12.5 Å². The summed E-state index contributed by atoms with van der Waals surface area (Å²) in [5, 5.41) is 3.13. The van der Waals surface area contributed by atoms with Crippen molar-refractivity contribution in [3.8, 4) is 0 Å². The van der Waals surface area contributed by atoms with Gasteiger partial charge in [-0.1, -0.05) is 0 Å². The fraction of sp³-hybridized carbons (Fsp3) is 0.706. The second-order valence-corrected chi connectivity index (χ2v) is 6.47. The summed E-state index contributed by atoms with van der Waals surface area (Å²) in [7, 11) is 0. The third-order valence-electron chi connectivity index (χ3n) is 4.53. The van der Waals surface area contributed by atoms with Gasteiger partial charge in [-0.2, -0.15) is 0 Å². The molecule has 6 heteroatoms. The molecule has 0 spiro atoms. The molecule has 0 unspecified atom stereocenters. The molecule has 1 fully saturated rings. The summed E-state index contributed by atoms with van der Waals surface area (Å²) in [6.45, 7) is 1.27. The Morgan fingerprint density at radius 3 is 2.65 bits per heavy atom. The van der Waals surface area contributed by atoms with Crippen LogP contribution in [-0.4, -0.2) is 33.8 Å². The molecule has 3 N–H and O–H groups in total. The Morgan fingerprint density at radius 2 is 2.00 bits per heavy atom. The number of aromatic nitrogens is 2. The highest BCUT2D eigenvalue weighted by Gasteiger charge is 2.23. The van der Waals surface area contributed by atoms with Crippen LogP contribution in [0.5, 0.6) is 0 Å². The fourth-order valence-electron chi connectivity index (χ4n) is 3.24. The predicted molar refractivity (Wildman–Crippen MR) is 88.6 cm³/mol. The molecule has 1 aromatic heterocycles. The van der Waals surface area contributed by atoms with Crippen LogP contribution in [0, 0.1) is 5.92 Å². The van der Waals surface area contributed by atoms with Crippen molar-refractivity contribution in [1.82, 2.24) is 14.9 Å². The third-order valence-corrected chi connectivity index (χ3v) is 4.53. The molecule has 1 saturated carbocycles. The lowest BCUT2D eigenvalue weighted by Crippen LogP contribution is -2.37. The summed E-state index contributed by atoms with van der Waals surface area (Å²) in [5.41, 5.74) is 5.41. The number of imidazole rings is 1. The number of nitrogens with two attached hydrogens (primary N) is 1. The number of hydrogen-bond donors (Lipinski definition) is 2. The molecule has 1 aliphatic rings. The molecule has 0 bridgehead atoms. The van der Waals surface area contributed by atoms with Crippen molar-refractivity contribution in [2.75, 3.05) is 6.54 Å². The van der Waals surface area contributed by atoms with Gasteiger partial charge in [0.05, 0.1) is 6.33 Å². The topological polar surface area (TPSA) is 90.0 Å². The maximum atomic E-state index is 12.0. The van der Waals surface area contributed by atoms with Gasteiger partial charge in [0.1, 0.15) is 5.78 Å². The minimum atomic E-state index is 0.132. The Kier molecular flexibility index (Phi) is 7.26. The number of hydrogen-bond acceptors (Lipinski definition) is 4. The van der Waals surface area contributed by atoms with Crippen molar-refractivity contribution in [2.24, 2.45) is 11.7 Å². The summed E-state index contributed by atoms with van der Waals surface area (Å²) in [6, 6.07) is 0.275. The van der Waals surface area contributed by atoms with E-state index in [-0.39, 0.29) is 17.7 Å². The molecule has 2 rings (SSSR count). The average Bonchev–Trinajstić information content (AvgIpc) is 3.03. The Morgan fingerprint density at radius 1 is 1.22 bits per heavy atom. The van der Waals surface area contributed by atoms with Crippen molar-refractivity contribution in [1.29, 1.82) is 0 Å². The van der Waals surface area contributed by atoms with Crippen LogP contribution in [0.25, 0.3) is 0 Å². The zero-order chi connectivity index (χ0) is 16.5. The number of carbonyl (C=O) groups is 2. The quantitative estimate of drug-likeness (QED) is 0.724. The van der Waals surface area contributed by atoms with E-state index in [1.165, 1.54) is 0 Å². The van der Waals surface area contributed by atoms with Crippen LogP contribution >= 0.6 is 0 Å². The van der Waals surface area contributed by atoms with Gasteiger partial charge in [-0.25, -0.2) is 4.98 Å². The fourth-order valence-corrected chi connectivity index (χ4v) is 3.24. The number of amides is 1. The number of nitrogens with one attached hydrogen (secondary N) is 1. The molecule has 0 atom stereocenters. The van der Waals surface area contributed by atoms with Gasteiger partial charge in [0, 0.05) is 44.2 Å². The Labute approximate surface area is 137 Å². The first-order chi connectivity index (χ1) is 11.2. The molecule has 6 nitrogen and oxygen atoms in total. The van der Waals surface area contributed by atoms with Crippen LogP contribution < -0.4 is 11.1 Å². The predicted octanol–water partition coefficient (Wildman–Crippen LogP) is 1.65. The van der Waals surface area contributed by atoms with Crippen LogP contribution in [-0.2, 0) is 16.1 Å². The summed E-state index contributed by atoms with van der Waals surface area (Å²) in [4.78, 5) is 27.6. The molecule has 128 valence electrons. The summed E-state index contributed by atoms with van der Waals surface area (Å²) in [6.07, 6.45) is 12.0. The highest BCUT2D eigenvalue weighted by molar-refractivity contribution is 5.78. The minimum absolute atomic E-state index is 0.132. The number of rotatable bonds is 9. The van der Waals surface area contributed by atoms with Crippen molar-refractivity contribution in [2.45, 2.75) is 64.0 Å². The molecule has 0 aromatic carbocycles. The minimum Gasteiger partial charge on any atom is -0.353 e. The molecule has 23 heavy (non-hydrogen) atoms. The third kappa shape index (κ3) is 6.52. The Bertz CT molecular complexity index is 479. The lowest BCUT2D eigenvalue weighted by atomic mass is 9.83. The Hall–Kier alpha value is -1.69. The van der Waals surface area contributed by atoms with E-state index in [1.807, 2.05) is 10.8 Å². The van der Waals surface area contributed by atoms with E-state index in [9.17, 15) is 9.59 Å². The smallest absolute Gasteiger partial charge is 0.220 e. The SMILES string of the molecule is NCCC(=O)CC1CCC(NC(=O)CCCn2ccnc2)CC1. The molecule has 1 heterocycles. The number of aryl methyl sites for hydroxylation is 1. The second-order valence-electron chi connectivity index (χ2n) is 6.47. The van der Waals surface area contributed by atoms with Gasteiger partial charge < -0.3 is 15.6 Å². The zero-order valence-electron chi connectivity index (χ0n) is 13.7. The molecule has 1 amide bonds. The molecule has 0 saturated heterocycles. The highest BCUT2D eigenvalue weighted by atomic mass is 16.1. The highest BCUT2D eigenvalue weighted by Crippen LogP contribution is 2.27. The monoisotopic (exact) mass is 320 g/mol. The molecule has 1 aromatic rings. The standard InChI is InChI=1S/C17H28N4O2/c18-8-7-16(22)12-14-3-5-15(6-4-14)20-17(23)2-1-10-21-11-9-19-13-21/h9,11,13-15H,1-8,10,12,18H2,(H,20,23). The van der Waals surface area contributed by atoms with Gasteiger partial charge in [0.2, 0.25) is 5.91 Å². The van der Waals surface area contributed by atoms with Gasteiger partial charge >= 0.3 is 0 Å². The zero-order valence-corrected chi connectivity index (χ0v) is 13.7. The molecular weight excluding hydrogens is 292 g/mol. The largest absolute Gasteiger partial charge is 0.353 e. The maximum Gasteiger partial charge on any atom is 0.220 e. The van der Waals surface area contributed by atoms with E-state index < -0.39 is 0 Å². The lowest BCUT2D eigenvalue weighted by Gasteiger charge is -2.28. The molecule has 0 aliphatic heterocycles. The van der Waals surface area contributed by atoms with Gasteiger partial charge in [-0.15, -0.1) is 0 Å². The van der Waals surface area contributed by atoms with Crippen LogP contribution in [0.15, 0.2) is 18.7 Å². The lowest BCUT2D eigenvalue weighted by molar-refractivity contribution is -0.123.